The predicted octanol–water partition coefficient (Wildman–Crippen LogP) is 2.02. The van der Waals surface area contributed by atoms with Crippen molar-refractivity contribution in [1.82, 2.24) is 20.6 Å². The number of anilines is 1. The lowest BCUT2D eigenvalue weighted by atomic mass is 10.0. The van der Waals surface area contributed by atoms with E-state index < -0.39 is 0 Å². The van der Waals surface area contributed by atoms with E-state index in [1.54, 1.807) is 6.20 Å². The van der Waals surface area contributed by atoms with Gasteiger partial charge in [0.2, 0.25) is 5.88 Å². The highest BCUT2D eigenvalue weighted by molar-refractivity contribution is 5.85. The van der Waals surface area contributed by atoms with E-state index in [4.69, 9.17) is 10.3 Å². The summed E-state index contributed by atoms with van der Waals surface area (Å²) in [7, 11) is 0. The van der Waals surface area contributed by atoms with Crippen LogP contribution >= 0.6 is 0 Å². The van der Waals surface area contributed by atoms with E-state index in [-0.39, 0.29) is 5.88 Å². The zero-order valence-corrected chi connectivity index (χ0v) is 9.71. The van der Waals surface area contributed by atoms with Crippen LogP contribution in [0.5, 0.6) is 0 Å². The molecule has 0 amide bonds. The molecule has 0 saturated carbocycles. The molecule has 6 heteroatoms. The smallest absolute Gasteiger partial charge is 0.230 e. The van der Waals surface area contributed by atoms with Crippen LogP contribution in [0.2, 0.25) is 0 Å². The normalized spacial score (nSPS) is 10.7. The number of nitrogens with zero attached hydrogens (tertiary/aromatic N) is 3. The molecule has 0 unspecified atom stereocenters. The third-order valence-corrected chi connectivity index (χ3v) is 2.68. The zero-order valence-electron chi connectivity index (χ0n) is 9.71. The fourth-order valence-electron chi connectivity index (χ4n) is 1.87. The van der Waals surface area contributed by atoms with Crippen LogP contribution in [0.15, 0.2) is 35.0 Å². The van der Waals surface area contributed by atoms with Gasteiger partial charge in [-0.2, -0.15) is 15.4 Å². The molecule has 3 rings (SSSR count). The van der Waals surface area contributed by atoms with Crippen molar-refractivity contribution in [2.75, 3.05) is 5.73 Å². The first-order valence-corrected chi connectivity index (χ1v) is 5.44. The molecule has 3 N–H and O–H groups in total. The van der Waals surface area contributed by atoms with Gasteiger partial charge in [0.15, 0.2) is 0 Å². The topological polar surface area (TPSA) is 93.6 Å². The molecule has 90 valence electrons. The monoisotopic (exact) mass is 241 g/mol. The highest BCUT2D eigenvalue weighted by atomic mass is 16.5. The fourth-order valence-corrected chi connectivity index (χ4v) is 1.87. The maximum atomic E-state index is 5.84. The van der Waals surface area contributed by atoms with Gasteiger partial charge in [-0.3, -0.25) is 0 Å². The molecule has 0 bridgehead atoms. The Labute approximate surface area is 103 Å². The molecule has 18 heavy (non-hydrogen) atoms. The van der Waals surface area contributed by atoms with E-state index in [9.17, 15) is 0 Å². The minimum absolute atomic E-state index is 0.276. The van der Waals surface area contributed by atoms with Crippen LogP contribution in [0.25, 0.3) is 22.5 Å². The summed E-state index contributed by atoms with van der Waals surface area (Å²) in [5.41, 5.74) is 9.87. The number of rotatable bonds is 2. The van der Waals surface area contributed by atoms with Gasteiger partial charge in [-0.1, -0.05) is 35.0 Å². The van der Waals surface area contributed by atoms with E-state index in [1.807, 2.05) is 31.2 Å². The van der Waals surface area contributed by atoms with E-state index in [2.05, 4.69) is 20.6 Å². The van der Waals surface area contributed by atoms with Gasteiger partial charge in [-0.15, -0.1) is 0 Å². The molecular weight excluding hydrogens is 230 g/mol. The second-order valence-corrected chi connectivity index (χ2v) is 4.00. The lowest BCUT2D eigenvalue weighted by Gasteiger charge is -2.01. The maximum absolute atomic E-state index is 5.84. The number of hydrogen-bond donors (Lipinski definition) is 2. The maximum Gasteiger partial charge on any atom is 0.230 e. The van der Waals surface area contributed by atoms with Gasteiger partial charge in [0, 0.05) is 0 Å². The summed E-state index contributed by atoms with van der Waals surface area (Å²) in [6.45, 7) is 2.02. The SMILES string of the molecule is Cc1cccc(-c2c(-c3cn[nH]n3)noc2N)c1. The van der Waals surface area contributed by atoms with Crippen LogP contribution in [-0.2, 0) is 0 Å². The number of nitrogen functional groups attached to an aromatic ring is 1. The van der Waals surface area contributed by atoms with E-state index in [1.165, 1.54) is 0 Å². The Morgan fingerprint density at radius 1 is 1.33 bits per heavy atom. The first kappa shape index (κ1) is 10.5. The summed E-state index contributed by atoms with van der Waals surface area (Å²) in [5, 5.41) is 14.2. The quantitative estimate of drug-likeness (QED) is 0.715. The molecule has 0 saturated heterocycles. The van der Waals surface area contributed by atoms with Gasteiger partial charge in [-0.25, -0.2) is 0 Å². The van der Waals surface area contributed by atoms with Gasteiger partial charge >= 0.3 is 0 Å². The van der Waals surface area contributed by atoms with Crippen molar-refractivity contribution in [1.29, 1.82) is 0 Å². The molecule has 2 aromatic heterocycles. The zero-order chi connectivity index (χ0) is 12.5. The van der Waals surface area contributed by atoms with Crippen molar-refractivity contribution in [2.45, 2.75) is 6.92 Å². The highest BCUT2D eigenvalue weighted by Gasteiger charge is 2.19. The minimum Gasteiger partial charge on any atom is -0.367 e. The van der Waals surface area contributed by atoms with E-state index in [0.29, 0.717) is 11.4 Å². The van der Waals surface area contributed by atoms with Crippen molar-refractivity contribution < 1.29 is 4.52 Å². The molecule has 3 aromatic rings. The first-order valence-electron chi connectivity index (χ1n) is 5.44. The fraction of sp³-hybridized carbons (Fsp3) is 0.0833. The number of H-pyrrole nitrogens is 1. The predicted molar refractivity (Wildman–Crippen MR) is 66.5 cm³/mol. The molecule has 1 aromatic carbocycles. The Balaban J connectivity index is 2.20. The van der Waals surface area contributed by atoms with Gasteiger partial charge in [-0.05, 0) is 12.5 Å². The summed E-state index contributed by atoms with van der Waals surface area (Å²) in [4.78, 5) is 0. The van der Waals surface area contributed by atoms with Crippen LogP contribution in [0.1, 0.15) is 5.56 Å². The summed E-state index contributed by atoms with van der Waals surface area (Å²) in [5.74, 6) is 0.276. The van der Waals surface area contributed by atoms with Crippen LogP contribution in [-0.4, -0.2) is 20.6 Å². The van der Waals surface area contributed by atoms with Crippen LogP contribution in [0.3, 0.4) is 0 Å². The van der Waals surface area contributed by atoms with Gasteiger partial charge in [0.25, 0.3) is 0 Å². The molecule has 0 fully saturated rings. The van der Waals surface area contributed by atoms with Crippen LogP contribution < -0.4 is 5.73 Å². The standard InChI is InChI=1S/C12H11N5O/c1-7-3-2-4-8(5-7)10-11(16-18-12(10)13)9-6-14-17-15-9/h2-6H,13H2,1H3,(H,14,15,17). The number of benzene rings is 1. The second-order valence-electron chi connectivity index (χ2n) is 4.00. The Morgan fingerprint density at radius 2 is 2.22 bits per heavy atom. The van der Waals surface area contributed by atoms with Crippen molar-refractivity contribution in [3.8, 4) is 22.5 Å². The van der Waals surface area contributed by atoms with Gasteiger partial charge < -0.3 is 10.3 Å². The van der Waals surface area contributed by atoms with Crippen molar-refractivity contribution in [2.24, 2.45) is 0 Å². The Hall–Kier alpha value is -2.63. The average Bonchev–Trinajstić information content (AvgIpc) is 2.97. The molecule has 0 spiro atoms. The van der Waals surface area contributed by atoms with E-state index in [0.717, 1.165) is 16.7 Å². The van der Waals surface area contributed by atoms with Crippen molar-refractivity contribution >= 4 is 5.88 Å². The number of hydrogen-bond acceptors (Lipinski definition) is 5. The minimum atomic E-state index is 0.276. The third kappa shape index (κ3) is 1.64. The number of aromatic nitrogens is 4. The molecule has 2 heterocycles. The Morgan fingerprint density at radius 3 is 2.94 bits per heavy atom. The molecule has 0 atom stereocenters. The Bertz CT molecular complexity index is 672. The van der Waals surface area contributed by atoms with Crippen molar-refractivity contribution in [3.05, 3.63) is 36.0 Å². The third-order valence-electron chi connectivity index (χ3n) is 2.68. The first-order chi connectivity index (χ1) is 8.75. The summed E-state index contributed by atoms with van der Waals surface area (Å²) < 4.78 is 5.06. The second kappa shape index (κ2) is 3.99. The molecule has 0 aliphatic rings. The number of aryl methyl sites for hydroxylation is 1. The van der Waals surface area contributed by atoms with E-state index >= 15 is 0 Å². The Kier molecular flexibility index (Phi) is 2.33. The van der Waals surface area contributed by atoms with Crippen LogP contribution in [0, 0.1) is 6.92 Å². The molecular formula is C12H11N5O. The van der Waals surface area contributed by atoms with Gasteiger partial charge in [0.1, 0.15) is 11.4 Å². The lowest BCUT2D eigenvalue weighted by Crippen LogP contribution is -1.88. The number of nitrogens with two attached hydrogens (primary N) is 1. The molecule has 0 aliphatic carbocycles. The summed E-state index contributed by atoms with van der Waals surface area (Å²) in [6, 6.07) is 7.96. The number of aromatic amines is 1. The molecule has 0 aliphatic heterocycles. The highest BCUT2D eigenvalue weighted by Crippen LogP contribution is 2.35. The number of nitrogens with one attached hydrogen (secondary N) is 1. The van der Waals surface area contributed by atoms with Crippen LogP contribution in [0.4, 0.5) is 5.88 Å². The van der Waals surface area contributed by atoms with Gasteiger partial charge in [0.05, 0.1) is 11.8 Å². The molecule has 0 radical (unpaired) electrons. The largest absolute Gasteiger partial charge is 0.367 e. The van der Waals surface area contributed by atoms with Crippen molar-refractivity contribution in [3.63, 3.8) is 0 Å². The molecule has 6 nitrogen and oxygen atoms in total. The summed E-state index contributed by atoms with van der Waals surface area (Å²) in [6.07, 6.45) is 1.58. The average molecular weight is 241 g/mol. The summed E-state index contributed by atoms with van der Waals surface area (Å²) >= 11 is 0. The lowest BCUT2D eigenvalue weighted by molar-refractivity contribution is 0.439.